The standard InChI is InChI=1S/C25H31N7O4/c1-17-7-8-20-22(14-17)36-13-5-12-32-16-19(29-30-32)15-31(25(35)21-6-3-9-26-21)11-4-10-27-23(33)18(2)28-24(20)34/h3,6-9,14,16,18,26H,4-5,10-13,15H2,1-2H3,(H,27,33)(H,28,34)/t18-/m1/s1. The Morgan fingerprint density at radius 2 is 2.03 bits per heavy atom. The Balaban J connectivity index is 1.51. The molecular weight excluding hydrogens is 462 g/mol. The van der Waals surface area contributed by atoms with Crippen LogP contribution in [0, 0.1) is 6.92 Å². The molecule has 11 nitrogen and oxygen atoms in total. The van der Waals surface area contributed by atoms with Crippen LogP contribution in [-0.4, -0.2) is 68.3 Å². The second-order valence-electron chi connectivity index (χ2n) is 8.82. The molecule has 3 amide bonds. The van der Waals surface area contributed by atoms with E-state index in [0.717, 1.165) is 5.56 Å². The van der Waals surface area contributed by atoms with Crippen LogP contribution in [0.1, 0.15) is 51.9 Å². The predicted octanol–water partition coefficient (Wildman–Crippen LogP) is 1.66. The van der Waals surface area contributed by atoms with Gasteiger partial charge in [-0.2, -0.15) is 0 Å². The number of hydrogen-bond acceptors (Lipinski definition) is 6. The highest BCUT2D eigenvalue weighted by atomic mass is 16.5. The van der Waals surface area contributed by atoms with Crippen LogP contribution in [-0.2, 0) is 17.9 Å². The molecule has 3 N–H and O–H groups in total. The van der Waals surface area contributed by atoms with Crippen LogP contribution in [0.2, 0.25) is 0 Å². The number of carbonyl (C=O) groups excluding carboxylic acids is 3. The first-order valence-corrected chi connectivity index (χ1v) is 12.0. The van der Waals surface area contributed by atoms with Gasteiger partial charge in [-0.15, -0.1) is 5.10 Å². The number of H-pyrrole nitrogens is 1. The molecule has 0 spiro atoms. The molecule has 4 rings (SSSR count). The van der Waals surface area contributed by atoms with E-state index in [2.05, 4.69) is 25.9 Å². The van der Waals surface area contributed by atoms with Crippen molar-refractivity contribution in [1.29, 1.82) is 0 Å². The fourth-order valence-electron chi connectivity index (χ4n) is 3.92. The minimum Gasteiger partial charge on any atom is -0.493 e. The van der Waals surface area contributed by atoms with E-state index in [1.54, 1.807) is 40.9 Å². The van der Waals surface area contributed by atoms with Gasteiger partial charge in [0.05, 0.1) is 24.9 Å². The average Bonchev–Trinajstić information content (AvgIpc) is 3.55. The van der Waals surface area contributed by atoms with Crippen LogP contribution in [0.25, 0.3) is 0 Å². The van der Waals surface area contributed by atoms with Crippen molar-refractivity contribution in [3.63, 3.8) is 0 Å². The van der Waals surface area contributed by atoms with E-state index in [1.165, 1.54) is 0 Å². The molecule has 2 bridgehead atoms. The number of amides is 3. The Hall–Kier alpha value is -4.15. The summed E-state index contributed by atoms with van der Waals surface area (Å²) in [5.41, 5.74) is 2.49. The number of aromatic amines is 1. The highest BCUT2D eigenvalue weighted by molar-refractivity contribution is 5.99. The smallest absolute Gasteiger partial charge is 0.270 e. The summed E-state index contributed by atoms with van der Waals surface area (Å²) in [7, 11) is 0. The van der Waals surface area contributed by atoms with E-state index in [9.17, 15) is 14.4 Å². The van der Waals surface area contributed by atoms with Gasteiger partial charge in [-0.05, 0) is 50.1 Å². The lowest BCUT2D eigenvalue weighted by atomic mass is 10.1. The van der Waals surface area contributed by atoms with Crippen LogP contribution >= 0.6 is 0 Å². The molecule has 0 fully saturated rings. The van der Waals surface area contributed by atoms with Crippen LogP contribution in [0.4, 0.5) is 0 Å². The normalized spacial score (nSPS) is 18.1. The summed E-state index contributed by atoms with van der Waals surface area (Å²) < 4.78 is 7.64. The van der Waals surface area contributed by atoms with Crippen LogP contribution in [0.15, 0.2) is 42.7 Å². The first-order chi connectivity index (χ1) is 17.4. The number of nitrogens with zero attached hydrogens (tertiary/aromatic N) is 4. The Kier molecular flexibility index (Phi) is 7.99. The van der Waals surface area contributed by atoms with Gasteiger partial charge in [0.25, 0.3) is 11.8 Å². The first kappa shape index (κ1) is 25.0. The number of ether oxygens (including phenoxy) is 1. The molecule has 0 aliphatic carbocycles. The van der Waals surface area contributed by atoms with Gasteiger partial charge in [-0.3, -0.25) is 19.1 Å². The monoisotopic (exact) mass is 493 g/mol. The third-order valence-electron chi connectivity index (χ3n) is 5.87. The molecule has 3 aromatic rings. The molecule has 1 aromatic carbocycles. The summed E-state index contributed by atoms with van der Waals surface area (Å²) in [6.45, 7) is 5.54. The zero-order valence-corrected chi connectivity index (χ0v) is 20.5. The highest BCUT2D eigenvalue weighted by Gasteiger charge is 2.21. The van der Waals surface area contributed by atoms with Crippen molar-refractivity contribution in [3.05, 3.63) is 65.2 Å². The summed E-state index contributed by atoms with van der Waals surface area (Å²) in [6.07, 6.45) is 4.69. The van der Waals surface area contributed by atoms with Crippen molar-refractivity contribution in [2.45, 2.75) is 45.8 Å². The van der Waals surface area contributed by atoms with Crippen molar-refractivity contribution in [1.82, 2.24) is 35.5 Å². The first-order valence-electron chi connectivity index (χ1n) is 12.0. The van der Waals surface area contributed by atoms with Gasteiger partial charge in [-0.1, -0.05) is 11.3 Å². The molecule has 0 radical (unpaired) electrons. The molecule has 2 aromatic heterocycles. The van der Waals surface area contributed by atoms with Crippen LogP contribution < -0.4 is 15.4 Å². The molecule has 36 heavy (non-hydrogen) atoms. The summed E-state index contributed by atoms with van der Waals surface area (Å²) in [6, 6.07) is 8.10. The quantitative estimate of drug-likeness (QED) is 0.472. The molecule has 1 aliphatic heterocycles. The second-order valence-corrected chi connectivity index (χ2v) is 8.82. The maximum atomic E-state index is 13.0. The maximum absolute atomic E-state index is 13.0. The van der Waals surface area contributed by atoms with Gasteiger partial charge in [0.1, 0.15) is 23.2 Å². The molecule has 0 saturated carbocycles. The molecular formula is C25H31N7O4. The van der Waals surface area contributed by atoms with Gasteiger partial charge in [0.2, 0.25) is 5.91 Å². The van der Waals surface area contributed by atoms with E-state index in [0.29, 0.717) is 68.3 Å². The van der Waals surface area contributed by atoms with E-state index in [1.807, 2.05) is 25.3 Å². The maximum Gasteiger partial charge on any atom is 0.270 e. The van der Waals surface area contributed by atoms with E-state index < -0.39 is 6.04 Å². The Labute approximate surface area is 209 Å². The summed E-state index contributed by atoms with van der Waals surface area (Å²) in [4.78, 5) is 43.1. The Morgan fingerprint density at radius 1 is 1.17 bits per heavy atom. The predicted molar refractivity (Wildman–Crippen MR) is 131 cm³/mol. The molecule has 0 unspecified atom stereocenters. The molecule has 3 heterocycles. The van der Waals surface area contributed by atoms with E-state index in [-0.39, 0.29) is 17.7 Å². The number of aromatic nitrogens is 4. The number of nitrogens with one attached hydrogen (secondary N) is 3. The molecule has 1 atom stereocenters. The number of benzene rings is 1. The molecule has 11 heteroatoms. The molecule has 190 valence electrons. The van der Waals surface area contributed by atoms with Crippen molar-refractivity contribution in [2.75, 3.05) is 19.7 Å². The van der Waals surface area contributed by atoms with Gasteiger partial charge in [-0.25, -0.2) is 0 Å². The van der Waals surface area contributed by atoms with Crippen molar-refractivity contribution in [2.24, 2.45) is 0 Å². The number of aryl methyl sites for hydroxylation is 2. The SMILES string of the molecule is Cc1ccc2c(c1)OCCCn1cc(nn1)CN(C(=O)c1ccc[nH]1)CCCNC(=O)[C@@H](C)NC2=O. The fraction of sp³-hybridized carbons (Fsp3) is 0.400. The lowest BCUT2D eigenvalue weighted by Gasteiger charge is -2.21. The lowest BCUT2D eigenvalue weighted by molar-refractivity contribution is -0.122. The largest absolute Gasteiger partial charge is 0.493 e. The molecule has 0 saturated heterocycles. The second kappa shape index (κ2) is 11.5. The topological polar surface area (TPSA) is 134 Å². The third-order valence-corrected chi connectivity index (χ3v) is 5.87. The minimum absolute atomic E-state index is 0.158. The zero-order valence-electron chi connectivity index (χ0n) is 20.5. The lowest BCUT2D eigenvalue weighted by Crippen LogP contribution is -2.45. The van der Waals surface area contributed by atoms with E-state index in [4.69, 9.17) is 4.74 Å². The number of carbonyl (C=O) groups is 3. The minimum atomic E-state index is -0.737. The fourth-order valence-corrected chi connectivity index (χ4v) is 3.92. The zero-order chi connectivity index (χ0) is 25.5. The highest BCUT2D eigenvalue weighted by Crippen LogP contribution is 2.21. The van der Waals surface area contributed by atoms with Crippen LogP contribution in [0.3, 0.4) is 0 Å². The van der Waals surface area contributed by atoms with Crippen molar-refractivity contribution < 1.29 is 19.1 Å². The van der Waals surface area contributed by atoms with Gasteiger partial charge < -0.3 is 25.3 Å². The number of fused-ring (bicyclic) bond motifs is 3. The van der Waals surface area contributed by atoms with Crippen molar-refractivity contribution in [3.8, 4) is 5.75 Å². The van der Waals surface area contributed by atoms with Crippen molar-refractivity contribution >= 4 is 17.7 Å². The summed E-state index contributed by atoms with van der Waals surface area (Å²) in [5, 5.41) is 14.0. The van der Waals surface area contributed by atoms with Gasteiger partial charge in [0, 0.05) is 32.3 Å². The number of hydrogen-bond donors (Lipinski definition) is 3. The summed E-state index contributed by atoms with van der Waals surface area (Å²) in [5.74, 6) is -0.375. The molecule has 1 aliphatic rings. The Bertz CT molecular complexity index is 1200. The average molecular weight is 494 g/mol. The van der Waals surface area contributed by atoms with Gasteiger partial charge >= 0.3 is 0 Å². The number of rotatable bonds is 1. The van der Waals surface area contributed by atoms with Crippen LogP contribution in [0.5, 0.6) is 5.75 Å². The Morgan fingerprint density at radius 3 is 2.83 bits per heavy atom. The summed E-state index contributed by atoms with van der Waals surface area (Å²) >= 11 is 0. The van der Waals surface area contributed by atoms with Gasteiger partial charge in [0.15, 0.2) is 0 Å². The third kappa shape index (κ3) is 6.29. The van der Waals surface area contributed by atoms with E-state index >= 15 is 0 Å².